The minimum absolute atomic E-state index is 0.0390. The number of esters is 1. The molecule has 3 rings (SSSR count). The zero-order valence-electron chi connectivity index (χ0n) is 17.7. The molecule has 0 aliphatic heterocycles. The Labute approximate surface area is 198 Å². The Balaban J connectivity index is 1.69. The molecule has 0 radical (unpaired) electrons. The van der Waals surface area contributed by atoms with Gasteiger partial charge in [-0.1, -0.05) is 23.7 Å². The van der Waals surface area contributed by atoms with Gasteiger partial charge in [0.1, 0.15) is 23.1 Å². The number of nitrogens with one attached hydrogen (secondary N) is 1. The van der Waals surface area contributed by atoms with Gasteiger partial charge >= 0.3 is 5.97 Å². The van der Waals surface area contributed by atoms with E-state index in [1.807, 2.05) is 0 Å². The molecule has 0 aromatic heterocycles. The van der Waals surface area contributed by atoms with Crippen LogP contribution in [0.3, 0.4) is 0 Å². The fraction of sp³-hybridized carbons (Fsp3) is 0.0417. The summed E-state index contributed by atoms with van der Waals surface area (Å²) in [6, 6.07) is 18.0. The van der Waals surface area contributed by atoms with E-state index in [-0.39, 0.29) is 27.7 Å². The van der Waals surface area contributed by atoms with Crippen LogP contribution in [0.4, 0.5) is 11.4 Å². The van der Waals surface area contributed by atoms with Crippen molar-refractivity contribution in [2.24, 2.45) is 0 Å². The molecule has 0 aliphatic rings. The van der Waals surface area contributed by atoms with Gasteiger partial charge in [0, 0.05) is 12.1 Å². The summed E-state index contributed by atoms with van der Waals surface area (Å²) in [6.07, 6.45) is 1.34. The van der Waals surface area contributed by atoms with Crippen molar-refractivity contribution in [1.29, 1.82) is 5.26 Å². The fourth-order valence-corrected chi connectivity index (χ4v) is 2.97. The SMILES string of the molecule is COc1ccc(C(=O)Oc2ccc(C=C(C#N)C(=O)Nc3ccc([N+](=O)[O-])cc3Cl)cc2)cc1. The number of ether oxygens (including phenoxy) is 2. The van der Waals surface area contributed by atoms with E-state index in [0.717, 1.165) is 6.07 Å². The lowest BCUT2D eigenvalue weighted by Crippen LogP contribution is -2.13. The van der Waals surface area contributed by atoms with E-state index in [1.54, 1.807) is 42.5 Å². The molecule has 0 unspecified atom stereocenters. The summed E-state index contributed by atoms with van der Waals surface area (Å²) in [5.41, 5.74) is 0.521. The second kappa shape index (κ2) is 10.8. The highest BCUT2D eigenvalue weighted by Gasteiger charge is 2.15. The van der Waals surface area contributed by atoms with Gasteiger partial charge in [0.2, 0.25) is 0 Å². The molecule has 34 heavy (non-hydrogen) atoms. The molecule has 1 N–H and O–H groups in total. The number of halogens is 1. The summed E-state index contributed by atoms with van der Waals surface area (Å²) in [5.74, 6) is -0.407. The number of methoxy groups -OCH3 is 1. The molecule has 0 saturated carbocycles. The highest BCUT2D eigenvalue weighted by molar-refractivity contribution is 6.34. The number of nitro benzene ring substituents is 1. The molecule has 3 aromatic rings. The van der Waals surface area contributed by atoms with Crippen molar-refractivity contribution >= 4 is 40.9 Å². The monoisotopic (exact) mass is 477 g/mol. The van der Waals surface area contributed by atoms with E-state index in [0.29, 0.717) is 16.9 Å². The van der Waals surface area contributed by atoms with E-state index >= 15 is 0 Å². The lowest BCUT2D eigenvalue weighted by atomic mass is 10.1. The Morgan fingerprint density at radius 2 is 1.71 bits per heavy atom. The Morgan fingerprint density at radius 3 is 2.26 bits per heavy atom. The minimum atomic E-state index is -0.742. The molecule has 0 spiro atoms. The maximum atomic E-state index is 12.5. The molecule has 9 nitrogen and oxygen atoms in total. The zero-order chi connectivity index (χ0) is 24.7. The summed E-state index contributed by atoms with van der Waals surface area (Å²) in [7, 11) is 1.52. The number of nitrogens with zero attached hydrogens (tertiary/aromatic N) is 2. The summed E-state index contributed by atoms with van der Waals surface area (Å²) in [4.78, 5) is 34.9. The Bertz CT molecular complexity index is 1310. The fourth-order valence-electron chi connectivity index (χ4n) is 2.75. The normalized spacial score (nSPS) is 10.7. The predicted molar refractivity (Wildman–Crippen MR) is 125 cm³/mol. The summed E-state index contributed by atoms with van der Waals surface area (Å²) < 4.78 is 10.4. The maximum absolute atomic E-state index is 12.5. The third-order valence-electron chi connectivity index (χ3n) is 4.50. The second-order valence-corrected chi connectivity index (χ2v) is 7.14. The average Bonchev–Trinajstić information content (AvgIpc) is 2.84. The van der Waals surface area contributed by atoms with Crippen LogP contribution in [-0.2, 0) is 4.79 Å². The molecule has 0 fully saturated rings. The molecule has 0 bridgehead atoms. The van der Waals surface area contributed by atoms with Crippen LogP contribution in [0.5, 0.6) is 11.5 Å². The third kappa shape index (κ3) is 5.97. The van der Waals surface area contributed by atoms with Crippen molar-refractivity contribution in [2.75, 3.05) is 12.4 Å². The van der Waals surface area contributed by atoms with Gasteiger partial charge in [-0.25, -0.2) is 4.79 Å². The number of benzene rings is 3. The van der Waals surface area contributed by atoms with E-state index in [2.05, 4.69) is 5.32 Å². The van der Waals surface area contributed by atoms with Crippen molar-refractivity contribution in [3.63, 3.8) is 0 Å². The molecule has 0 saturated heterocycles. The number of non-ortho nitro benzene ring substituents is 1. The first-order chi connectivity index (χ1) is 16.3. The predicted octanol–water partition coefficient (Wildman–Crippen LogP) is 5.02. The van der Waals surface area contributed by atoms with Crippen molar-refractivity contribution in [1.82, 2.24) is 0 Å². The number of hydrogen-bond acceptors (Lipinski definition) is 7. The van der Waals surface area contributed by atoms with Crippen LogP contribution < -0.4 is 14.8 Å². The van der Waals surface area contributed by atoms with Gasteiger partial charge < -0.3 is 14.8 Å². The van der Waals surface area contributed by atoms with Crippen LogP contribution in [0, 0.1) is 21.4 Å². The number of hydrogen-bond donors (Lipinski definition) is 1. The first-order valence-corrected chi connectivity index (χ1v) is 10.0. The van der Waals surface area contributed by atoms with E-state index in [4.69, 9.17) is 21.1 Å². The number of nitriles is 1. The molecule has 10 heteroatoms. The third-order valence-corrected chi connectivity index (χ3v) is 4.82. The lowest BCUT2D eigenvalue weighted by molar-refractivity contribution is -0.384. The quantitative estimate of drug-likeness (QED) is 0.126. The first kappa shape index (κ1) is 24.0. The van der Waals surface area contributed by atoms with Gasteiger partial charge in [-0.3, -0.25) is 14.9 Å². The average molecular weight is 478 g/mol. The first-order valence-electron chi connectivity index (χ1n) is 9.64. The summed E-state index contributed by atoms with van der Waals surface area (Å²) >= 11 is 5.97. The van der Waals surface area contributed by atoms with Crippen LogP contribution in [0.15, 0.2) is 72.3 Å². The smallest absolute Gasteiger partial charge is 0.343 e. The van der Waals surface area contributed by atoms with Crippen LogP contribution in [-0.4, -0.2) is 23.9 Å². The summed E-state index contributed by atoms with van der Waals surface area (Å²) in [5, 5.41) is 22.6. The largest absolute Gasteiger partial charge is 0.497 e. The molecule has 0 heterocycles. The highest BCUT2D eigenvalue weighted by atomic mass is 35.5. The molecule has 3 aromatic carbocycles. The topological polar surface area (TPSA) is 132 Å². The molecule has 1 amide bonds. The highest BCUT2D eigenvalue weighted by Crippen LogP contribution is 2.27. The van der Waals surface area contributed by atoms with Gasteiger partial charge in [0.05, 0.1) is 28.3 Å². The molecule has 0 aliphatic carbocycles. The number of anilines is 1. The van der Waals surface area contributed by atoms with Crippen molar-refractivity contribution in [3.8, 4) is 17.6 Å². The Kier molecular flexibility index (Phi) is 7.59. The van der Waals surface area contributed by atoms with Crippen LogP contribution in [0.1, 0.15) is 15.9 Å². The van der Waals surface area contributed by atoms with Gasteiger partial charge in [-0.2, -0.15) is 5.26 Å². The number of carbonyl (C=O) groups is 2. The second-order valence-electron chi connectivity index (χ2n) is 6.73. The van der Waals surface area contributed by atoms with Crippen molar-refractivity contribution < 1.29 is 24.0 Å². The van der Waals surface area contributed by atoms with Crippen molar-refractivity contribution in [3.05, 3.63) is 98.6 Å². The Morgan fingerprint density at radius 1 is 1.06 bits per heavy atom. The Hall–Kier alpha value is -4.68. The van der Waals surface area contributed by atoms with E-state index in [9.17, 15) is 25.0 Å². The van der Waals surface area contributed by atoms with Gasteiger partial charge in [-0.15, -0.1) is 0 Å². The molecular formula is C24H16ClN3O6. The number of rotatable bonds is 7. The minimum Gasteiger partial charge on any atom is -0.497 e. The lowest BCUT2D eigenvalue weighted by Gasteiger charge is -2.07. The standard InChI is InChI=1S/C24H16ClN3O6/c1-33-19-9-4-16(5-10-19)24(30)34-20-7-2-15(3-8-20)12-17(14-26)23(29)27-22-11-6-18(28(31)32)13-21(22)25/h2-13H,1H3,(H,27,29). The summed E-state index contributed by atoms with van der Waals surface area (Å²) in [6.45, 7) is 0. The number of amides is 1. The van der Waals surface area contributed by atoms with Gasteiger partial charge in [0.25, 0.3) is 11.6 Å². The van der Waals surface area contributed by atoms with E-state index < -0.39 is 16.8 Å². The van der Waals surface area contributed by atoms with Crippen LogP contribution in [0.25, 0.3) is 6.08 Å². The van der Waals surface area contributed by atoms with Gasteiger partial charge in [-0.05, 0) is 54.1 Å². The van der Waals surface area contributed by atoms with Crippen LogP contribution in [0.2, 0.25) is 5.02 Å². The van der Waals surface area contributed by atoms with Gasteiger partial charge in [0.15, 0.2) is 0 Å². The zero-order valence-corrected chi connectivity index (χ0v) is 18.4. The molecule has 170 valence electrons. The number of carbonyl (C=O) groups excluding carboxylic acids is 2. The van der Waals surface area contributed by atoms with Crippen LogP contribution >= 0.6 is 11.6 Å². The molecule has 0 atom stereocenters. The number of nitro groups is 1. The molecular weight excluding hydrogens is 462 g/mol. The van der Waals surface area contributed by atoms with E-state index in [1.165, 1.54) is 37.5 Å². The maximum Gasteiger partial charge on any atom is 0.343 e. The van der Waals surface area contributed by atoms with Crippen molar-refractivity contribution in [2.45, 2.75) is 0 Å².